The van der Waals surface area contributed by atoms with E-state index >= 15 is 0 Å². The van der Waals surface area contributed by atoms with Crippen molar-refractivity contribution in [1.29, 1.82) is 0 Å². The Hall–Kier alpha value is -1.45. The Labute approximate surface area is 143 Å². The smallest absolute Gasteiger partial charge is 0.0351 e. The zero-order valence-electron chi connectivity index (χ0n) is 13.4. The molecule has 0 bridgehead atoms. The van der Waals surface area contributed by atoms with Gasteiger partial charge in [-0.15, -0.1) is 0 Å². The van der Waals surface area contributed by atoms with Crippen LogP contribution in [-0.4, -0.2) is 17.5 Å². The number of nitrogens with two attached hydrogens (primary N) is 1. The molecule has 0 saturated carbocycles. The van der Waals surface area contributed by atoms with Crippen LogP contribution in [0.25, 0.3) is 0 Å². The van der Waals surface area contributed by atoms with Crippen molar-refractivity contribution in [3.8, 4) is 0 Å². The summed E-state index contributed by atoms with van der Waals surface area (Å²) in [7, 11) is 0. The van der Waals surface area contributed by atoms with E-state index in [9.17, 15) is 0 Å². The quantitative estimate of drug-likeness (QED) is 0.796. The highest BCUT2D eigenvalue weighted by molar-refractivity contribution is 7.99. The molecule has 2 aliphatic heterocycles. The van der Waals surface area contributed by atoms with Crippen LogP contribution < -0.4 is 5.73 Å². The van der Waals surface area contributed by atoms with Crippen molar-refractivity contribution < 1.29 is 0 Å². The van der Waals surface area contributed by atoms with E-state index in [1.807, 2.05) is 12.1 Å². The molecule has 0 aliphatic carbocycles. The maximum Gasteiger partial charge on any atom is 0.0351 e. The molecular formula is C20H24N2S. The van der Waals surface area contributed by atoms with E-state index < -0.39 is 0 Å². The van der Waals surface area contributed by atoms with Crippen LogP contribution >= 0.6 is 11.8 Å². The Morgan fingerprint density at radius 3 is 2.22 bits per heavy atom. The molecule has 2 aliphatic rings. The van der Waals surface area contributed by atoms with Crippen molar-refractivity contribution >= 4 is 17.4 Å². The lowest BCUT2D eigenvalue weighted by Gasteiger charge is -2.38. The largest absolute Gasteiger partial charge is 0.399 e. The Morgan fingerprint density at radius 1 is 0.826 bits per heavy atom. The van der Waals surface area contributed by atoms with E-state index in [4.69, 9.17) is 5.73 Å². The molecule has 0 amide bonds. The molecule has 2 saturated heterocycles. The lowest BCUT2D eigenvalue weighted by molar-refractivity contribution is 0.123. The third-order valence-corrected chi connectivity index (χ3v) is 6.23. The van der Waals surface area contributed by atoms with Crippen LogP contribution in [0.15, 0.2) is 58.3 Å². The fourth-order valence-electron chi connectivity index (χ4n) is 4.08. The van der Waals surface area contributed by atoms with Gasteiger partial charge in [-0.3, -0.25) is 4.90 Å². The van der Waals surface area contributed by atoms with Crippen LogP contribution in [-0.2, 0) is 0 Å². The number of anilines is 1. The first-order chi connectivity index (χ1) is 11.3. The van der Waals surface area contributed by atoms with Crippen LogP contribution in [0.5, 0.6) is 0 Å². The van der Waals surface area contributed by atoms with Crippen molar-refractivity contribution in [3.05, 3.63) is 54.1 Å². The topological polar surface area (TPSA) is 29.3 Å². The summed E-state index contributed by atoms with van der Waals surface area (Å²) in [6.45, 7) is 1.29. The van der Waals surface area contributed by atoms with Crippen LogP contribution in [0.2, 0.25) is 0 Å². The number of hydrogen-bond donors (Lipinski definition) is 1. The maximum absolute atomic E-state index is 5.75. The van der Waals surface area contributed by atoms with E-state index in [-0.39, 0.29) is 0 Å². The number of benzene rings is 2. The molecule has 2 aromatic rings. The molecule has 3 heteroatoms. The van der Waals surface area contributed by atoms with E-state index in [0.29, 0.717) is 6.04 Å². The van der Waals surface area contributed by atoms with Crippen molar-refractivity contribution in [1.82, 2.24) is 4.90 Å². The van der Waals surface area contributed by atoms with E-state index in [0.717, 1.165) is 11.7 Å². The summed E-state index contributed by atoms with van der Waals surface area (Å²) >= 11 is 1.80. The first kappa shape index (κ1) is 15.1. The van der Waals surface area contributed by atoms with Gasteiger partial charge in [0.2, 0.25) is 0 Å². The minimum Gasteiger partial charge on any atom is -0.399 e. The molecule has 2 nitrogen and oxygen atoms in total. The van der Waals surface area contributed by atoms with Crippen LogP contribution in [0.3, 0.4) is 0 Å². The van der Waals surface area contributed by atoms with Gasteiger partial charge < -0.3 is 5.73 Å². The zero-order valence-corrected chi connectivity index (χ0v) is 14.3. The highest BCUT2D eigenvalue weighted by atomic mass is 32.2. The number of rotatable bonds is 3. The van der Waals surface area contributed by atoms with Gasteiger partial charge in [-0.2, -0.15) is 0 Å². The van der Waals surface area contributed by atoms with Crippen LogP contribution in [0.1, 0.15) is 43.7 Å². The number of nitrogens with zero attached hydrogens (tertiary/aromatic N) is 1. The molecule has 0 spiro atoms. The fraction of sp³-hybridized carbons (Fsp3) is 0.400. The second kappa shape index (κ2) is 6.58. The molecule has 2 N–H and O–H groups in total. The average molecular weight is 324 g/mol. The summed E-state index contributed by atoms with van der Waals surface area (Å²) in [6.07, 6.45) is 6.89. The molecule has 2 fully saturated rings. The van der Waals surface area contributed by atoms with Crippen molar-refractivity contribution in [2.24, 2.45) is 0 Å². The predicted molar refractivity (Wildman–Crippen MR) is 97.7 cm³/mol. The Balaban J connectivity index is 1.48. The summed E-state index contributed by atoms with van der Waals surface area (Å²) in [5.41, 5.74) is 8.07. The molecule has 2 unspecified atom stereocenters. The van der Waals surface area contributed by atoms with Gasteiger partial charge in [0.15, 0.2) is 0 Å². The molecule has 2 heterocycles. The summed E-state index contributed by atoms with van der Waals surface area (Å²) in [6, 6.07) is 18.8. The van der Waals surface area contributed by atoms with Gasteiger partial charge in [-0.1, -0.05) is 23.9 Å². The number of hydrogen-bond acceptors (Lipinski definition) is 3. The predicted octanol–water partition coefficient (Wildman–Crippen LogP) is 5.11. The summed E-state index contributed by atoms with van der Waals surface area (Å²) < 4.78 is 0. The van der Waals surface area contributed by atoms with Gasteiger partial charge in [0.1, 0.15) is 0 Å². The van der Waals surface area contributed by atoms with Gasteiger partial charge in [-0.05, 0) is 80.6 Å². The SMILES string of the molecule is Nc1ccc(Sc2ccc(C3CCCC4CCCN43)cc2)cc1. The third kappa shape index (κ3) is 3.26. The molecule has 4 rings (SSSR count). The number of piperidine rings is 1. The van der Waals surface area contributed by atoms with Crippen molar-refractivity contribution in [2.75, 3.05) is 12.3 Å². The average Bonchev–Trinajstić information content (AvgIpc) is 3.06. The van der Waals surface area contributed by atoms with E-state index in [1.54, 1.807) is 11.8 Å². The minimum atomic E-state index is 0.645. The molecular weight excluding hydrogens is 300 g/mol. The number of fused-ring (bicyclic) bond motifs is 1. The Bertz CT molecular complexity index is 650. The highest BCUT2D eigenvalue weighted by Crippen LogP contribution is 2.40. The van der Waals surface area contributed by atoms with Crippen molar-refractivity contribution in [3.63, 3.8) is 0 Å². The first-order valence-corrected chi connectivity index (χ1v) is 9.50. The third-order valence-electron chi connectivity index (χ3n) is 5.22. The Kier molecular flexibility index (Phi) is 4.32. The van der Waals surface area contributed by atoms with Gasteiger partial charge in [0.05, 0.1) is 0 Å². The molecule has 120 valence electrons. The highest BCUT2D eigenvalue weighted by Gasteiger charge is 2.34. The van der Waals surface area contributed by atoms with Gasteiger partial charge in [-0.25, -0.2) is 0 Å². The normalized spacial score (nSPS) is 24.5. The van der Waals surface area contributed by atoms with Gasteiger partial charge >= 0.3 is 0 Å². The van der Waals surface area contributed by atoms with Crippen LogP contribution in [0, 0.1) is 0 Å². The van der Waals surface area contributed by atoms with Crippen LogP contribution in [0.4, 0.5) is 5.69 Å². The monoisotopic (exact) mass is 324 g/mol. The van der Waals surface area contributed by atoms with Crippen molar-refractivity contribution in [2.45, 2.75) is 54.0 Å². The maximum atomic E-state index is 5.75. The lowest BCUT2D eigenvalue weighted by Crippen LogP contribution is -2.37. The first-order valence-electron chi connectivity index (χ1n) is 8.69. The van der Waals surface area contributed by atoms with Gasteiger partial charge in [0.25, 0.3) is 0 Å². The van der Waals surface area contributed by atoms with E-state index in [2.05, 4.69) is 41.3 Å². The molecule has 2 aromatic carbocycles. The minimum absolute atomic E-state index is 0.645. The zero-order chi connectivity index (χ0) is 15.6. The van der Waals surface area contributed by atoms with Gasteiger partial charge in [0, 0.05) is 27.6 Å². The molecule has 0 radical (unpaired) electrons. The number of nitrogen functional groups attached to an aromatic ring is 1. The standard InChI is InChI=1S/C20H24N2S/c21-16-8-12-19(13-9-16)23-18-10-6-15(7-11-18)20-5-1-3-17-4-2-14-22(17)20/h6-13,17,20H,1-5,14,21H2. The van der Waals surface area contributed by atoms with E-state index in [1.165, 1.54) is 54.0 Å². The molecule has 2 atom stereocenters. The second-order valence-electron chi connectivity index (χ2n) is 6.72. The summed E-state index contributed by atoms with van der Waals surface area (Å²) in [5.74, 6) is 0. The molecule has 0 aromatic heterocycles. The lowest BCUT2D eigenvalue weighted by atomic mass is 9.92. The fourth-order valence-corrected chi connectivity index (χ4v) is 4.90. The summed E-state index contributed by atoms with van der Waals surface area (Å²) in [4.78, 5) is 5.29. The second-order valence-corrected chi connectivity index (χ2v) is 7.87. The summed E-state index contributed by atoms with van der Waals surface area (Å²) in [5, 5.41) is 0. The molecule has 23 heavy (non-hydrogen) atoms. The Morgan fingerprint density at radius 2 is 1.48 bits per heavy atom.